The van der Waals surface area contributed by atoms with Crippen LogP contribution >= 0.6 is 0 Å². The van der Waals surface area contributed by atoms with Crippen molar-refractivity contribution in [3.05, 3.63) is 12.4 Å². The lowest BCUT2D eigenvalue weighted by molar-refractivity contribution is -0.192. The van der Waals surface area contributed by atoms with Crippen molar-refractivity contribution in [2.75, 3.05) is 45.7 Å². The van der Waals surface area contributed by atoms with Crippen LogP contribution in [0.2, 0.25) is 0 Å². The third kappa shape index (κ3) is 5.95. The van der Waals surface area contributed by atoms with Crippen molar-refractivity contribution in [1.29, 1.82) is 0 Å². The summed E-state index contributed by atoms with van der Waals surface area (Å²) in [6, 6.07) is 1.96. The van der Waals surface area contributed by atoms with Gasteiger partial charge in [-0.25, -0.2) is 14.8 Å². The number of fused-ring (bicyclic) bond motifs is 1. The fraction of sp³-hybridized carbons (Fsp3) is 0.722. The summed E-state index contributed by atoms with van der Waals surface area (Å²) < 4.78 is 37.0. The van der Waals surface area contributed by atoms with Gasteiger partial charge in [0.1, 0.15) is 12.1 Å². The van der Waals surface area contributed by atoms with Crippen LogP contribution in [0.25, 0.3) is 0 Å². The first-order chi connectivity index (χ1) is 13.1. The molecule has 0 amide bonds. The second-order valence-electron chi connectivity index (χ2n) is 7.50. The maximum Gasteiger partial charge on any atom is 0.490 e. The second-order valence-corrected chi connectivity index (χ2v) is 7.50. The van der Waals surface area contributed by atoms with Crippen molar-refractivity contribution in [1.82, 2.24) is 14.9 Å². The second kappa shape index (κ2) is 9.40. The highest BCUT2D eigenvalue weighted by Crippen LogP contribution is 2.41. The number of aromatic nitrogens is 2. The van der Waals surface area contributed by atoms with Crippen LogP contribution in [0, 0.1) is 17.8 Å². The minimum absolute atomic E-state index is 0.653. The number of carboxylic acids is 1. The number of aliphatic carboxylic acids is 1. The first-order valence-electron chi connectivity index (χ1n) is 9.17. The van der Waals surface area contributed by atoms with Gasteiger partial charge in [-0.3, -0.25) is 0 Å². The summed E-state index contributed by atoms with van der Waals surface area (Å²) in [4.78, 5) is 22.2. The number of hydrogen-bond acceptors (Lipinski definition) is 6. The number of rotatable bonds is 4. The van der Waals surface area contributed by atoms with Crippen LogP contribution in [0.3, 0.4) is 0 Å². The van der Waals surface area contributed by atoms with E-state index in [1.807, 2.05) is 6.07 Å². The van der Waals surface area contributed by atoms with Crippen molar-refractivity contribution < 1.29 is 27.8 Å². The van der Waals surface area contributed by atoms with Gasteiger partial charge in [0, 0.05) is 25.7 Å². The molecule has 0 radical (unpaired) electrons. The molecule has 1 saturated carbocycles. The van der Waals surface area contributed by atoms with E-state index in [2.05, 4.69) is 33.9 Å². The normalized spacial score (nSPS) is 24.4. The fourth-order valence-electron chi connectivity index (χ4n) is 4.09. The van der Waals surface area contributed by atoms with E-state index >= 15 is 0 Å². The van der Waals surface area contributed by atoms with Crippen molar-refractivity contribution in [3.8, 4) is 5.88 Å². The maximum atomic E-state index is 10.6. The van der Waals surface area contributed by atoms with Gasteiger partial charge in [-0.1, -0.05) is 6.42 Å². The number of methoxy groups -OCH3 is 1. The number of ether oxygens (including phenoxy) is 1. The summed E-state index contributed by atoms with van der Waals surface area (Å²) in [6.07, 6.45) is 0.641. The molecule has 3 atom stereocenters. The number of nitrogens with zero attached hydrogens (tertiary/aromatic N) is 4. The molecule has 2 fully saturated rings. The van der Waals surface area contributed by atoms with E-state index in [0.717, 1.165) is 36.7 Å². The van der Waals surface area contributed by atoms with Gasteiger partial charge in [0.25, 0.3) is 0 Å². The van der Waals surface area contributed by atoms with Crippen LogP contribution in [0.5, 0.6) is 5.88 Å². The van der Waals surface area contributed by atoms with Gasteiger partial charge < -0.3 is 19.6 Å². The summed E-state index contributed by atoms with van der Waals surface area (Å²) in [5.41, 5.74) is 0. The highest BCUT2D eigenvalue weighted by molar-refractivity contribution is 5.73. The molecule has 0 spiro atoms. The Kier molecular flexibility index (Phi) is 7.45. The molecule has 1 aliphatic heterocycles. The van der Waals surface area contributed by atoms with E-state index in [9.17, 15) is 13.2 Å². The summed E-state index contributed by atoms with van der Waals surface area (Å²) in [5.74, 6) is 1.37. The molecule has 1 aromatic heterocycles. The van der Waals surface area contributed by atoms with Crippen LogP contribution in [-0.2, 0) is 4.79 Å². The third-order valence-corrected chi connectivity index (χ3v) is 5.25. The molecular weight excluding hydrogens is 377 g/mol. The van der Waals surface area contributed by atoms with E-state index < -0.39 is 12.1 Å². The zero-order chi connectivity index (χ0) is 20.9. The first-order valence-corrected chi connectivity index (χ1v) is 9.17. The SMILES string of the molecule is COc1cc(N2C[C@H]3CCC[C@@H](CN(C)C)[C@H]3C2)ncn1.O=C(O)C(F)(F)F. The number of hydrogen-bond donors (Lipinski definition) is 1. The molecular formula is C18H27F3N4O3. The van der Waals surface area contributed by atoms with Crippen molar-refractivity contribution in [3.63, 3.8) is 0 Å². The van der Waals surface area contributed by atoms with Gasteiger partial charge in [-0.2, -0.15) is 13.2 Å². The molecule has 1 aromatic rings. The third-order valence-electron chi connectivity index (χ3n) is 5.25. The summed E-state index contributed by atoms with van der Waals surface area (Å²) in [6.45, 7) is 3.47. The number of carboxylic acid groups (broad SMARTS) is 1. The summed E-state index contributed by atoms with van der Waals surface area (Å²) >= 11 is 0. The Morgan fingerprint density at radius 2 is 2.00 bits per heavy atom. The molecule has 0 bridgehead atoms. The fourth-order valence-corrected chi connectivity index (χ4v) is 4.09. The van der Waals surface area contributed by atoms with Gasteiger partial charge in [0.05, 0.1) is 7.11 Å². The molecule has 2 aliphatic rings. The van der Waals surface area contributed by atoms with Crippen LogP contribution in [-0.4, -0.2) is 73.0 Å². The van der Waals surface area contributed by atoms with E-state index in [4.69, 9.17) is 14.6 Å². The molecule has 0 aromatic carbocycles. The lowest BCUT2D eigenvalue weighted by atomic mass is 9.74. The zero-order valence-corrected chi connectivity index (χ0v) is 16.3. The number of carbonyl (C=O) groups is 1. The van der Waals surface area contributed by atoms with E-state index in [0.29, 0.717) is 5.88 Å². The molecule has 10 heteroatoms. The van der Waals surface area contributed by atoms with Crippen molar-refractivity contribution >= 4 is 11.8 Å². The number of halogens is 3. The Bertz CT molecular complexity index is 657. The molecule has 1 saturated heterocycles. The predicted molar refractivity (Wildman–Crippen MR) is 97.4 cm³/mol. The maximum absolute atomic E-state index is 10.6. The molecule has 7 nitrogen and oxygen atoms in total. The van der Waals surface area contributed by atoms with Gasteiger partial charge >= 0.3 is 12.1 Å². The van der Waals surface area contributed by atoms with Gasteiger partial charge in [0.2, 0.25) is 5.88 Å². The molecule has 3 rings (SSSR count). The monoisotopic (exact) mass is 404 g/mol. The molecule has 1 aliphatic carbocycles. The minimum atomic E-state index is -5.08. The largest absolute Gasteiger partial charge is 0.490 e. The number of alkyl halides is 3. The molecule has 28 heavy (non-hydrogen) atoms. The standard InChI is InChI=1S/C16H26N4O.C2HF3O2/c1-19(2)8-12-5-4-6-13-9-20(10-14(12)13)15-7-16(21-3)18-11-17-15;3-2(4,5)1(6)7/h7,11-14H,4-6,8-10H2,1-3H3;(H,6,7)/t12-,13+,14+;/m0./s1. The Balaban J connectivity index is 0.000000345. The quantitative estimate of drug-likeness (QED) is 0.826. The molecule has 2 heterocycles. The van der Waals surface area contributed by atoms with Crippen LogP contribution in [0.15, 0.2) is 12.4 Å². The first kappa shape index (κ1) is 22.2. The van der Waals surface area contributed by atoms with Crippen LogP contribution in [0.4, 0.5) is 19.0 Å². The predicted octanol–water partition coefficient (Wildman–Crippen LogP) is 2.53. The summed E-state index contributed by atoms with van der Waals surface area (Å²) in [5, 5.41) is 7.12. The molecule has 1 N–H and O–H groups in total. The molecule has 158 valence electrons. The van der Waals surface area contributed by atoms with Crippen molar-refractivity contribution in [2.24, 2.45) is 17.8 Å². The van der Waals surface area contributed by atoms with Gasteiger partial charge in [0.15, 0.2) is 0 Å². The minimum Gasteiger partial charge on any atom is -0.481 e. The summed E-state index contributed by atoms with van der Waals surface area (Å²) in [7, 11) is 6.03. The van der Waals surface area contributed by atoms with Crippen LogP contribution in [0.1, 0.15) is 19.3 Å². The highest BCUT2D eigenvalue weighted by atomic mass is 19.4. The van der Waals surface area contributed by atoms with Gasteiger partial charge in [-0.05, 0) is 44.7 Å². The number of anilines is 1. The molecule has 0 unspecified atom stereocenters. The van der Waals surface area contributed by atoms with E-state index in [1.165, 1.54) is 25.8 Å². The van der Waals surface area contributed by atoms with E-state index in [1.54, 1.807) is 13.4 Å². The smallest absolute Gasteiger partial charge is 0.481 e. The Labute approximate surface area is 162 Å². The zero-order valence-electron chi connectivity index (χ0n) is 16.3. The Morgan fingerprint density at radius 3 is 2.57 bits per heavy atom. The van der Waals surface area contributed by atoms with E-state index in [-0.39, 0.29) is 0 Å². The Hall–Kier alpha value is -2.10. The Morgan fingerprint density at radius 1 is 1.32 bits per heavy atom. The highest BCUT2D eigenvalue weighted by Gasteiger charge is 2.40. The van der Waals surface area contributed by atoms with Gasteiger partial charge in [-0.15, -0.1) is 0 Å². The van der Waals surface area contributed by atoms with Crippen molar-refractivity contribution in [2.45, 2.75) is 25.4 Å². The lowest BCUT2D eigenvalue weighted by Gasteiger charge is -2.34. The average Bonchev–Trinajstić information content (AvgIpc) is 3.06. The average molecular weight is 404 g/mol. The lowest BCUT2D eigenvalue weighted by Crippen LogP contribution is -2.34. The topological polar surface area (TPSA) is 78.8 Å². The van der Waals surface area contributed by atoms with Crippen LogP contribution < -0.4 is 9.64 Å².